The van der Waals surface area contributed by atoms with Gasteiger partial charge in [0.2, 0.25) is 5.13 Å². The number of hydrogen-bond acceptors (Lipinski definition) is 5. The Morgan fingerprint density at radius 3 is 2.67 bits per heavy atom. The van der Waals surface area contributed by atoms with E-state index in [0.29, 0.717) is 11.0 Å². The highest BCUT2D eigenvalue weighted by Gasteiger charge is 2.18. The van der Waals surface area contributed by atoms with E-state index in [9.17, 15) is 0 Å². The first kappa shape index (κ1) is 7.94. The molecule has 0 bridgehead atoms. The highest BCUT2D eigenvalue weighted by atomic mass is 32.1. The number of nitrogens with zero attached hydrogens (tertiary/aromatic N) is 2. The second-order valence-electron chi connectivity index (χ2n) is 3.00. The van der Waals surface area contributed by atoms with E-state index in [1.165, 1.54) is 11.3 Å². The topological polar surface area (TPSA) is 63.8 Å². The van der Waals surface area contributed by atoms with Crippen molar-refractivity contribution in [2.45, 2.75) is 18.8 Å². The predicted molar refractivity (Wildman–Crippen MR) is 49.2 cm³/mol. The summed E-state index contributed by atoms with van der Waals surface area (Å²) in [6, 6.07) is 0. The van der Waals surface area contributed by atoms with Gasteiger partial charge in [-0.15, -0.1) is 10.2 Å². The minimum Gasteiger partial charge on any atom is -0.374 e. The lowest BCUT2D eigenvalue weighted by Crippen LogP contribution is -2.26. The molecule has 1 aliphatic rings. The molecule has 4 nitrogen and oxygen atoms in total. The summed E-state index contributed by atoms with van der Waals surface area (Å²) in [5, 5.41) is 12.9. The van der Waals surface area contributed by atoms with E-state index < -0.39 is 0 Å². The first-order valence-corrected chi connectivity index (χ1v) is 4.97. The monoisotopic (exact) mass is 184 g/mol. The van der Waals surface area contributed by atoms with Crippen LogP contribution in [0.3, 0.4) is 0 Å². The summed E-state index contributed by atoms with van der Waals surface area (Å²) < 4.78 is 0. The van der Waals surface area contributed by atoms with Gasteiger partial charge in [-0.25, -0.2) is 0 Å². The molecule has 5 heteroatoms. The molecule has 1 fully saturated rings. The number of nitrogen functional groups attached to an aromatic ring is 1. The molecule has 1 aromatic heterocycles. The SMILES string of the molecule is Nc1nnc(C2CCNCC2)s1. The molecule has 1 aliphatic heterocycles. The lowest BCUT2D eigenvalue weighted by molar-refractivity contribution is 0.457. The standard InChI is InChI=1S/C7H12N4S/c8-7-11-10-6(12-7)5-1-3-9-4-2-5/h5,9H,1-4H2,(H2,8,11). The number of nitrogens with two attached hydrogens (primary N) is 1. The van der Waals surface area contributed by atoms with Crippen LogP contribution in [0.4, 0.5) is 5.13 Å². The van der Waals surface area contributed by atoms with E-state index in [4.69, 9.17) is 5.73 Å². The van der Waals surface area contributed by atoms with Gasteiger partial charge >= 0.3 is 0 Å². The Bertz CT molecular complexity index is 254. The molecule has 0 saturated carbocycles. The Morgan fingerprint density at radius 2 is 2.08 bits per heavy atom. The van der Waals surface area contributed by atoms with Crippen LogP contribution in [-0.2, 0) is 0 Å². The van der Waals surface area contributed by atoms with Crippen LogP contribution in [0.1, 0.15) is 23.8 Å². The van der Waals surface area contributed by atoms with Gasteiger partial charge in [0.25, 0.3) is 0 Å². The number of aromatic nitrogens is 2. The molecule has 3 N–H and O–H groups in total. The Balaban J connectivity index is 2.08. The molecular formula is C7H12N4S. The maximum Gasteiger partial charge on any atom is 0.203 e. The molecule has 66 valence electrons. The first-order chi connectivity index (χ1) is 5.86. The molecular weight excluding hydrogens is 172 g/mol. The zero-order valence-electron chi connectivity index (χ0n) is 6.79. The number of rotatable bonds is 1. The molecule has 1 saturated heterocycles. The first-order valence-electron chi connectivity index (χ1n) is 4.16. The zero-order chi connectivity index (χ0) is 8.39. The van der Waals surface area contributed by atoms with Crippen molar-refractivity contribution in [3.63, 3.8) is 0 Å². The van der Waals surface area contributed by atoms with E-state index in [2.05, 4.69) is 15.5 Å². The summed E-state index contributed by atoms with van der Waals surface area (Å²) >= 11 is 1.52. The van der Waals surface area contributed by atoms with Crippen molar-refractivity contribution in [1.82, 2.24) is 15.5 Å². The lowest BCUT2D eigenvalue weighted by Gasteiger charge is -2.19. The fourth-order valence-electron chi connectivity index (χ4n) is 1.48. The van der Waals surface area contributed by atoms with Gasteiger partial charge in [-0.2, -0.15) is 0 Å². The number of piperidine rings is 1. The van der Waals surface area contributed by atoms with Gasteiger partial charge in [-0.05, 0) is 25.9 Å². The summed E-state index contributed by atoms with van der Waals surface area (Å²) in [6.07, 6.45) is 2.32. The molecule has 0 radical (unpaired) electrons. The lowest BCUT2D eigenvalue weighted by atomic mass is 9.99. The average molecular weight is 184 g/mol. The van der Waals surface area contributed by atoms with Crippen LogP contribution in [-0.4, -0.2) is 23.3 Å². The van der Waals surface area contributed by atoms with Crippen LogP contribution in [0, 0.1) is 0 Å². The Kier molecular flexibility index (Phi) is 2.23. The highest BCUT2D eigenvalue weighted by molar-refractivity contribution is 7.15. The summed E-state index contributed by atoms with van der Waals surface area (Å²) in [5.41, 5.74) is 5.51. The Hall–Kier alpha value is -0.680. The zero-order valence-corrected chi connectivity index (χ0v) is 7.60. The fourth-order valence-corrected chi connectivity index (χ4v) is 2.26. The molecule has 0 aromatic carbocycles. The van der Waals surface area contributed by atoms with Gasteiger partial charge in [0.15, 0.2) is 0 Å². The van der Waals surface area contributed by atoms with Gasteiger partial charge in [0.05, 0.1) is 0 Å². The van der Waals surface area contributed by atoms with Gasteiger partial charge in [0, 0.05) is 5.92 Å². The van der Waals surface area contributed by atoms with Crippen molar-refractivity contribution in [2.75, 3.05) is 18.8 Å². The van der Waals surface area contributed by atoms with Gasteiger partial charge < -0.3 is 11.1 Å². The maximum atomic E-state index is 5.51. The summed E-state index contributed by atoms with van der Waals surface area (Å²) in [4.78, 5) is 0. The van der Waals surface area contributed by atoms with Crippen LogP contribution in [0.15, 0.2) is 0 Å². The van der Waals surface area contributed by atoms with Crippen molar-refractivity contribution in [1.29, 1.82) is 0 Å². The third-order valence-corrected chi connectivity index (χ3v) is 3.06. The normalized spacial score (nSPS) is 19.7. The molecule has 0 spiro atoms. The Labute approximate surface area is 75.2 Å². The second-order valence-corrected chi connectivity index (χ2v) is 4.04. The molecule has 1 aromatic rings. The molecule has 0 atom stereocenters. The second kappa shape index (κ2) is 3.37. The molecule has 0 amide bonds. The van der Waals surface area contributed by atoms with Crippen molar-refractivity contribution in [3.8, 4) is 0 Å². The van der Waals surface area contributed by atoms with Crippen LogP contribution in [0.25, 0.3) is 0 Å². The maximum absolute atomic E-state index is 5.51. The van der Waals surface area contributed by atoms with Gasteiger partial charge in [0.1, 0.15) is 5.01 Å². The summed E-state index contributed by atoms with van der Waals surface area (Å²) in [7, 11) is 0. The van der Waals surface area contributed by atoms with E-state index in [1.807, 2.05) is 0 Å². The van der Waals surface area contributed by atoms with Crippen molar-refractivity contribution < 1.29 is 0 Å². The minimum atomic E-state index is 0.584. The third-order valence-electron chi connectivity index (χ3n) is 2.14. The van der Waals surface area contributed by atoms with E-state index >= 15 is 0 Å². The summed E-state index contributed by atoms with van der Waals surface area (Å²) in [5.74, 6) is 0.584. The van der Waals surface area contributed by atoms with E-state index in [-0.39, 0.29) is 0 Å². The smallest absolute Gasteiger partial charge is 0.203 e. The van der Waals surface area contributed by atoms with Crippen molar-refractivity contribution in [3.05, 3.63) is 5.01 Å². The molecule has 2 rings (SSSR count). The van der Waals surface area contributed by atoms with Gasteiger partial charge in [-0.3, -0.25) is 0 Å². The van der Waals surface area contributed by atoms with Crippen LogP contribution in [0.2, 0.25) is 0 Å². The quantitative estimate of drug-likeness (QED) is 0.670. The largest absolute Gasteiger partial charge is 0.374 e. The molecule has 0 aliphatic carbocycles. The van der Waals surface area contributed by atoms with Crippen molar-refractivity contribution in [2.24, 2.45) is 0 Å². The number of anilines is 1. The predicted octanol–water partition coefficient (Wildman–Crippen LogP) is 0.587. The number of hydrogen-bond donors (Lipinski definition) is 2. The molecule has 0 unspecified atom stereocenters. The van der Waals surface area contributed by atoms with Crippen molar-refractivity contribution >= 4 is 16.5 Å². The van der Waals surface area contributed by atoms with Crippen LogP contribution < -0.4 is 11.1 Å². The molecule has 12 heavy (non-hydrogen) atoms. The highest BCUT2D eigenvalue weighted by Crippen LogP contribution is 2.28. The van der Waals surface area contributed by atoms with E-state index in [1.54, 1.807) is 0 Å². The summed E-state index contributed by atoms with van der Waals surface area (Å²) in [6.45, 7) is 2.17. The van der Waals surface area contributed by atoms with E-state index in [0.717, 1.165) is 30.9 Å². The van der Waals surface area contributed by atoms with Gasteiger partial charge in [-0.1, -0.05) is 11.3 Å². The van der Waals surface area contributed by atoms with Crippen LogP contribution in [0.5, 0.6) is 0 Å². The Morgan fingerprint density at radius 1 is 1.33 bits per heavy atom. The minimum absolute atomic E-state index is 0.584. The number of nitrogens with one attached hydrogen (secondary N) is 1. The molecule has 2 heterocycles. The average Bonchev–Trinajstić information content (AvgIpc) is 2.54. The third kappa shape index (κ3) is 1.56. The van der Waals surface area contributed by atoms with Crippen LogP contribution >= 0.6 is 11.3 Å². The fraction of sp³-hybridized carbons (Fsp3) is 0.714.